The molecule has 20 heavy (non-hydrogen) atoms. The fraction of sp³-hybridized carbons (Fsp3) is 0.900. The van der Waals surface area contributed by atoms with Crippen LogP contribution in [0.3, 0.4) is 0 Å². The Balaban J connectivity index is 1.74. The summed E-state index contributed by atoms with van der Waals surface area (Å²) in [5, 5.41) is 0. The predicted molar refractivity (Wildman–Crippen MR) is 87.5 cm³/mol. The molecule has 0 aromatic heterocycles. The Labute approximate surface area is 126 Å². The van der Waals surface area contributed by atoms with Crippen molar-refractivity contribution >= 4 is 0 Å². The summed E-state index contributed by atoms with van der Waals surface area (Å²) in [5.74, 6) is 5.58. The molecule has 2 fully saturated rings. The number of fused-ring (bicyclic) bond motifs is 1. The Bertz CT molecular complexity index is 457. The second-order valence-electron chi connectivity index (χ2n) is 9.23. The van der Waals surface area contributed by atoms with Crippen LogP contribution in [-0.2, 0) is 0 Å². The van der Waals surface area contributed by atoms with Crippen LogP contribution < -0.4 is 0 Å². The Kier molecular flexibility index (Phi) is 3.04. The SMILES string of the molecule is CC1=C(C)C2C(C)(C1)C2(C)C(C)C1CC1C(C)C(C)C. The Hall–Kier alpha value is -0.260. The highest BCUT2D eigenvalue weighted by atomic mass is 14.8. The first kappa shape index (κ1) is 14.7. The van der Waals surface area contributed by atoms with E-state index in [0.29, 0.717) is 10.8 Å². The van der Waals surface area contributed by atoms with Crippen molar-refractivity contribution in [2.24, 2.45) is 46.3 Å². The maximum absolute atomic E-state index is 2.60. The van der Waals surface area contributed by atoms with Crippen molar-refractivity contribution in [1.29, 1.82) is 0 Å². The van der Waals surface area contributed by atoms with Crippen LogP contribution in [0.25, 0.3) is 0 Å². The third-order valence-electron chi connectivity index (χ3n) is 8.33. The van der Waals surface area contributed by atoms with Gasteiger partial charge in [0.2, 0.25) is 0 Å². The van der Waals surface area contributed by atoms with Crippen molar-refractivity contribution in [1.82, 2.24) is 0 Å². The van der Waals surface area contributed by atoms with E-state index in [-0.39, 0.29) is 0 Å². The third-order valence-corrected chi connectivity index (χ3v) is 8.33. The Morgan fingerprint density at radius 1 is 1.00 bits per heavy atom. The Morgan fingerprint density at radius 2 is 1.60 bits per heavy atom. The van der Waals surface area contributed by atoms with E-state index >= 15 is 0 Å². The summed E-state index contributed by atoms with van der Waals surface area (Å²) in [6.07, 6.45) is 2.86. The first-order valence-electron chi connectivity index (χ1n) is 8.82. The summed E-state index contributed by atoms with van der Waals surface area (Å²) in [7, 11) is 0. The van der Waals surface area contributed by atoms with Crippen LogP contribution in [0.1, 0.15) is 68.2 Å². The van der Waals surface area contributed by atoms with Crippen LogP contribution in [0.2, 0.25) is 0 Å². The minimum atomic E-state index is 0.590. The molecule has 114 valence electrons. The molecule has 0 saturated heterocycles. The van der Waals surface area contributed by atoms with Gasteiger partial charge in [-0.2, -0.15) is 0 Å². The molecule has 0 aromatic rings. The van der Waals surface area contributed by atoms with Crippen LogP contribution >= 0.6 is 0 Å². The molecular weight excluding hydrogens is 240 g/mol. The molecule has 0 amide bonds. The summed E-state index contributed by atoms with van der Waals surface area (Å²) in [5.41, 5.74) is 4.60. The highest BCUT2D eigenvalue weighted by molar-refractivity contribution is 5.41. The summed E-state index contributed by atoms with van der Waals surface area (Å²) in [4.78, 5) is 0. The van der Waals surface area contributed by atoms with Gasteiger partial charge in [0.25, 0.3) is 0 Å². The van der Waals surface area contributed by atoms with Crippen molar-refractivity contribution in [2.45, 2.75) is 68.2 Å². The van der Waals surface area contributed by atoms with E-state index in [4.69, 9.17) is 0 Å². The van der Waals surface area contributed by atoms with Gasteiger partial charge in [-0.1, -0.05) is 52.7 Å². The summed E-state index contributed by atoms with van der Waals surface area (Å²) in [6, 6.07) is 0. The number of hydrogen-bond acceptors (Lipinski definition) is 0. The second kappa shape index (κ2) is 4.14. The van der Waals surface area contributed by atoms with Gasteiger partial charge in [-0.25, -0.2) is 0 Å². The fourth-order valence-electron chi connectivity index (χ4n) is 6.20. The lowest BCUT2D eigenvalue weighted by Crippen LogP contribution is -2.22. The van der Waals surface area contributed by atoms with E-state index in [1.54, 1.807) is 11.1 Å². The first-order chi connectivity index (χ1) is 9.16. The average Bonchev–Trinajstić information content (AvgIpc) is 3.21. The van der Waals surface area contributed by atoms with Crippen LogP contribution in [0, 0.1) is 46.3 Å². The van der Waals surface area contributed by atoms with Crippen molar-refractivity contribution in [3.8, 4) is 0 Å². The highest BCUT2D eigenvalue weighted by Crippen LogP contribution is 2.82. The molecule has 0 aliphatic heterocycles. The molecule has 0 aromatic carbocycles. The number of hydrogen-bond donors (Lipinski definition) is 0. The molecule has 0 spiro atoms. The zero-order valence-electron chi connectivity index (χ0n) is 14.9. The maximum Gasteiger partial charge on any atom is -0.00787 e. The lowest BCUT2D eigenvalue weighted by Gasteiger charge is -2.29. The van der Waals surface area contributed by atoms with Gasteiger partial charge in [-0.05, 0) is 73.0 Å². The smallest absolute Gasteiger partial charge is 0.00787 e. The van der Waals surface area contributed by atoms with Crippen LogP contribution in [0.4, 0.5) is 0 Å². The van der Waals surface area contributed by atoms with Gasteiger partial charge in [0.15, 0.2) is 0 Å². The monoisotopic (exact) mass is 274 g/mol. The van der Waals surface area contributed by atoms with Crippen LogP contribution in [-0.4, -0.2) is 0 Å². The van der Waals surface area contributed by atoms with E-state index < -0.39 is 0 Å². The van der Waals surface area contributed by atoms with Crippen molar-refractivity contribution < 1.29 is 0 Å². The van der Waals surface area contributed by atoms with E-state index in [9.17, 15) is 0 Å². The van der Waals surface area contributed by atoms with Gasteiger partial charge in [-0.3, -0.25) is 0 Å². The Morgan fingerprint density at radius 3 is 2.05 bits per heavy atom. The minimum absolute atomic E-state index is 0.590. The molecule has 3 aliphatic rings. The maximum atomic E-state index is 2.60. The number of allylic oxidation sites excluding steroid dienone is 2. The summed E-state index contributed by atoms with van der Waals surface area (Å²) >= 11 is 0. The van der Waals surface area contributed by atoms with Gasteiger partial charge < -0.3 is 0 Å². The normalized spacial score (nSPS) is 49.4. The fourth-order valence-corrected chi connectivity index (χ4v) is 6.20. The van der Waals surface area contributed by atoms with Crippen molar-refractivity contribution in [2.75, 3.05) is 0 Å². The van der Waals surface area contributed by atoms with E-state index in [2.05, 4.69) is 55.4 Å². The molecule has 0 nitrogen and oxygen atoms in total. The van der Waals surface area contributed by atoms with E-state index in [0.717, 1.165) is 35.5 Å². The molecule has 0 N–H and O–H groups in total. The quantitative estimate of drug-likeness (QED) is 0.557. The highest BCUT2D eigenvalue weighted by Gasteiger charge is 2.76. The molecule has 0 radical (unpaired) electrons. The molecule has 3 aliphatic carbocycles. The zero-order valence-corrected chi connectivity index (χ0v) is 14.9. The lowest BCUT2D eigenvalue weighted by atomic mass is 9.76. The van der Waals surface area contributed by atoms with E-state index in [1.165, 1.54) is 12.8 Å². The van der Waals surface area contributed by atoms with Gasteiger partial charge in [0.1, 0.15) is 0 Å². The average molecular weight is 274 g/mol. The van der Waals surface area contributed by atoms with Crippen LogP contribution in [0.15, 0.2) is 11.1 Å². The lowest BCUT2D eigenvalue weighted by molar-refractivity contribution is 0.214. The molecule has 7 atom stereocenters. The molecule has 7 unspecified atom stereocenters. The van der Waals surface area contributed by atoms with Gasteiger partial charge in [0, 0.05) is 0 Å². The van der Waals surface area contributed by atoms with E-state index in [1.807, 2.05) is 0 Å². The molecule has 0 heterocycles. The largest absolute Gasteiger partial charge is 0.0735 e. The molecule has 2 saturated carbocycles. The van der Waals surface area contributed by atoms with Gasteiger partial charge >= 0.3 is 0 Å². The predicted octanol–water partition coefficient (Wildman–Crippen LogP) is 5.93. The molecule has 3 rings (SSSR count). The summed E-state index contributed by atoms with van der Waals surface area (Å²) < 4.78 is 0. The van der Waals surface area contributed by atoms with Gasteiger partial charge in [-0.15, -0.1) is 0 Å². The standard InChI is InChI=1S/C20H34/c1-11(2)13(4)16-9-17(16)15(6)20(8)18-14(5)12(3)10-19(18,20)7/h11,13,15-18H,9-10H2,1-8H3. The number of rotatable bonds is 4. The first-order valence-corrected chi connectivity index (χ1v) is 8.82. The molecular formula is C20H34. The topological polar surface area (TPSA) is 0 Å². The molecule has 0 bridgehead atoms. The van der Waals surface area contributed by atoms with Crippen molar-refractivity contribution in [3.05, 3.63) is 11.1 Å². The minimum Gasteiger partial charge on any atom is -0.0735 e. The third kappa shape index (κ3) is 1.60. The van der Waals surface area contributed by atoms with Crippen molar-refractivity contribution in [3.63, 3.8) is 0 Å². The molecule has 0 heteroatoms. The van der Waals surface area contributed by atoms with Gasteiger partial charge in [0.05, 0.1) is 0 Å². The second-order valence-corrected chi connectivity index (χ2v) is 9.23. The summed E-state index contributed by atoms with van der Waals surface area (Å²) in [6.45, 7) is 19.8. The zero-order chi connectivity index (χ0) is 15.0. The van der Waals surface area contributed by atoms with Crippen LogP contribution in [0.5, 0.6) is 0 Å².